The van der Waals surface area contributed by atoms with Gasteiger partial charge in [-0.1, -0.05) is 49.4 Å². The van der Waals surface area contributed by atoms with Crippen molar-refractivity contribution < 1.29 is 9.90 Å². The lowest BCUT2D eigenvalue weighted by molar-refractivity contribution is 0.0697. The maximum Gasteiger partial charge on any atom is 0.335 e. The summed E-state index contributed by atoms with van der Waals surface area (Å²) in [7, 11) is 0. The van der Waals surface area contributed by atoms with Gasteiger partial charge in [-0.15, -0.1) is 0 Å². The summed E-state index contributed by atoms with van der Waals surface area (Å²) in [6, 6.07) is 20.5. The van der Waals surface area contributed by atoms with Gasteiger partial charge in [-0.05, 0) is 77.3 Å². The van der Waals surface area contributed by atoms with Crippen molar-refractivity contribution in [3.05, 3.63) is 105 Å². The number of nitriles is 1. The molecule has 0 saturated carbocycles. The van der Waals surface area contributed by atoms with Crippen LogP contribution in [-0.4, -0.2) is 20.6 Å². The molecule has 0 saturated heterocycles. The van der Waals surface area contributed by atoms with Crippen LogP contribution in [0.1, 0.15) is 62.9 Å². The largest absolute Gasteiger partial charge is 0.478 e. The highest BCUT2D eigenvalue weighted by Crippen LogP contribution is 2.34. The molecule has 1 heterocycles. The summed E-state index contributed by atoms with van der Waals surface area (Å²) in [6.45, 7) is 4.67. The summed E-state index contributed by atoms with van der Waals surface area (Å²) < 4.78 is 2.16. The number of carboxylic acids is 1. The summed E-state index contributed by atoms with van der Waals surface area (Å²) in [5, 5.41) is 19.1. The van der Waals surface area contributed by atoms with Crippen molar-refractivity contribution in [2.24, 2.45) is 0 Å². The standard InChI is InChI=1S/C30H27N3O2/c1-3-6-28-32-29-19(2)15-23(30(34)35)17-27(29)33(28)18-20-9-12-25-22(16-20)11-10-21-7-4-5-8-24(21)26(25)13-14-31/h4-5,7-9,12-13,15-17H,3,6,10-11,18H2,1-2H3,(H,34,35)/b26-13+. The Morgan fingerprint density at radius 1 is 1.11 bits per heavy atom. The Bertz CT molecular complexity index is 1540. The van der Waals surface area contributed by atoms with Gasteiger partial charge < -0.3 is 9.67 Å². The minimum Gasteiger partial charge on any atom is -0.478 e. The summed E-state index contributed by atoms with van der Waals surface area (Å²) in [5.74, 6) is 0.0433. The Kier molecular flexibility index (Phi) is 5.96. The highest BCUT2D eigenvalue weighted by atomic mass is 16.4. The quantitative estimate of drug-likeness (QED) is 0.364. The molecule has 174 valence electrons. The Hall–Kier alpha value is -4.17. The fraction of sp³-hybridized carbons (Fsp3) is 0.233. The van der Waals surface area contributed by atoms with Crippen LogP contribution < -0.4 is 0 Å². The lowest BCUT2D eigenvalue weighted by Gasteiger charge is -2.14. The number of aryl methyl sites for hydroxylation is 4. The average molecular weight is 462 g/mol. The third kappa shape index (κ3) is 4.13. The molecule has 0 atom stereocenters. The van der Waals surface area contributed by atoms with Gasteiger partial charge in [0.25, 0.3) is 0 Å². The second-order valence-electron chi connectivity index (χ2n) is 9.17. The first-order chi connectivity index (χ1) is 17.0. The molecule has 0 bridgehead atoms. The lowest BCUT2D eigenvalue weighted by Crippen LogP contribution is -2.07. The van der Waals surface area contributed by atoms with Gasteiger partial charge >= 0.3 is 5.97 Å². The van der Waals surface area contributed by atoms with Crippen molar-refractivity contribution in [2.75, 3.05) is 0 Å². The van der Waals surface area contributed by atoms with E-state index in [9.17, 15) is 15.2 Å². The number of carboxylic acid groups (broad SMARTS) is 1. The normalized spacial score (nSPS) is 13.8. The highest BCUT2D eigenvalue weighted by Gasteiger charge is 2.20. The van der Waals surface area contributed by atoms with Crippen LogP contribution in [0.15, 0.2) is 60.7 Å². The van der Waals surface area contributed by atoms with E-state index in [1.165, 1.54) is 11.1 Å². The summed E-state index contributed by atoms with van der Waals surface area (Å²) in [6.07, 6.45) is 5.26. The van der Waals surface area contributed by atoms with Gasteiger partial charge in [0.1, 0.15) is 5.82 Å². The zero-order valence-corrected chi connectivity index (χ0v) is 20.0. The molecule has 1 aromatic heterocycles. The lowest BCUT2D eigenvalue weighted by atomic mass is 9.93. The molecule has 0 spiro atoms. The van der Waals surface area contributed by atoms with Crippen LogP contribution in [0.5, 0.6) is 0 Å². The smallest absolute Gasteiger partial charge is 0.335 e. The third-order valence-electron chi connectivity index (χ3n) is 6.82. The zero-order chi connectivity index (χ0) is 24.5. The molecule has 35 heavy (non-hydrogen) atoms. The first-order valence-corrected chi connectivity index (χ1v) is 12.0. The number of hydrogen-bond acceptors (Lipinski definition) is 3. The molecule has 5 rings (SSSR count). The molecule has 3 aromatic carbocycles. The first kappa shape index (κ1) is 22.6. The van der Waals surface area contributed by atoms with Crippen LogP contribution in [0.25, 0.3) is 16.6 Å². The number of carbonyl (C=O) groups is 1. The van der Waals surface area contributed by atoms with Gasteiger partial charge in [0, 0.05) is 19.0 Å². The van der Waals surface area contributed by atoms with Crippen LogP contribution in [0, 0.1) is 18.3 Å². The van der Waals surface area contributed by atoms with E-state index in [0.29, 0.717) is 6.54 Å². The summed E-state index contributed by atoms with van der Waals surface area (Å²) in [5.41, 5.74) is 9.72. The molecule has 5 heteroatoms. The van der Waals surface area contributed by atoms with E-state index in [1.54, 1.807) is 18.2 Å². The molecule has 0 amide bonds. The Morgan fingerprint density at radius 2 is 1.89 bits per heavy atom. The molecule has 5 nitrogen and oxygen atoms in total. The number of fused-ring (bicyclic) bond motifs is 3. The minimum absolute atomic E-state index is 0.283. The summed E-state index contributed by atoms with van der Waals surface area (Å²) >= 11 is 0. The Morgan fingerprint density at radius 3 is 2.66 bits per heavy atom. The fourth-order valence-electron chi connectivity index (χ4n) is 5.19. The van der Waals surface area contributed by atoms with E-state index in [1.807, 2.05) is 13.0 Å². The predicted molar refractivity (Wildman–Crippen MR) is 138 cm³/mol. The Balaban J connectivity index is 1.60. The second kappa shape index (κ2) is 9.23. The van der Waals surface area contributed by atoms with Gasteiger partial charge in [-0.25, -0.2) is 9.78 Å². The fourth-order valence-corrected chi connectivity index (χ4v) is 5.19. The monoisotopic (exact) mass is 461 g/mol. The van der Waals surface area contributed by atoms with E-state index >= 15 is 0 Å². The van der Waals surface area contributed by atoms with E-state index < -0.39 is 5.97 Å². The maximum absolute atomic E-state index is 11.7. The summed E-state index contributed by atoms with van der Waals surface area (Å²) in [4.78, 5) is 16.6. The molecule has 0 unspecified atom stereocenters. The number of rotatable bonds is 5. The topological polar surface area (TPSA) is 78.9 Å². The highest BCUT2D eigenvalue weighted by molar-refractivity contribution is 5.94. The van der Waals surface area contributed by atoms with Crippen LogP contribution in [0.2, 0.25) is 0 Å². The number of benzene rings is 3. The van der Waals surface area contributed by atoms with E-state index in [4.69, 9.17) is 4.98 Å². The van der Waals surface area contributed by atoms with Crippen molar-refractivity contribution in [2.45, 2.75) is 46.1 Å². The molecular formula is C30H27N3O2. The minimum atomic E-state index is -0.929. The number of nitrogens with zero attached hydrogens (tertiary/aromatic N) is 3. The molecule has 1 aliphatic rings. The van der Waals surface area contributed by atoms with E-state index in [2.05, 4.69) is 54.0 Å². The van der Waals surface area contributed by atoms with Crippen molar-refractivity contribution in [3.8, 4) is 6.07 Å². The van der Waals surface area contributed by atoms with Gasteiger partial charge in [0.2, 0.25) is 0 Å². The number of aromatic nitrogens is 2. The molecule has 1 aliphatic carbocycles. The third-order valence-corrected chi connectivity index (χ3v) is 6.82. The van der Waals surface area contributed by atoms with Crippen LogP contribution in [0.4, 0.5) is 0 Å². The van der Waals surface area contributed by atoms with E-state index in [0.717, 1.165) is 70.4 Å². The SMILES string of the molecule is CCCc1nc2c(C)cc(C(=O)O)cc2n1Cc1ccc2c(c1)CCc1ccccc1/C2=C\C#N. The van der Waals surface area contributed by atoms with Crippen molar-refractivity contribution in [3.63, 3.8) is 0 Å². The molecule has 1 N–H and O–H groups in total. The number of allylic oxidation sites excluding steroid dienone is 1. The second-order valence-corrected chi connectivity index (χ2v) is 9.17. The first-order valence-electron chi connectivity index (χ1n) is 12.0. The van der Waals surface area contributed by atoms with Crippen molar-refractivity contribution in [1.82, 2.24) is 9.55 Å². The van der Waals surface area contributed by atoms with Crippen LogP contribution in [-0.2, 0) is 25.8 Å². The van der Waals surface area contributed by atoms with Crippen LogP contribution >= 0.6 is 0 Å². The van der Waals surface area contributed by atoms with Crippen molar-refractivity contribution in [1.29, 1.82) is 5.26 Å². The molecule has 0 fully saturated rings. The molecule has 0 aliphatic heterocycles. The van der Waals surface area contributed by atoms with Crippen molar-refractivity contribution >= 4 is 22.6 Å². The average Bonchev–Trinajstić information content (AvgIpc) is 3.11. The number of aromatic carboxylic acids is 1. The Labute approximate surface area is 205 Å². The van der Waals surface area contributed by atoms with Gasteiger partial charge in [-0.3, -0.25) is 0 Å². The van der Waals surface area contributed by atoms with Gasteiger partial charge in [-0.2, -0.15) is 5.26 Å². The molecule has 4 aromatic rings. The van der Waals surface area contributed by atoms with Gasteiger partial charge in [0.05, 0.1) is 22.7 Å². The number of imidazole rings is 1. The number of hydrogen-bond donors (Lipinski definition) is 1. The molecular weight excluding hydrogens is 434 g/mol. The molecule has 0 radical (unpaired) electrons. The predicted octanol–water partition coefficient (Wildman–Crippen LogP) is 6.10. The van der Waals surface area contributed by atoms with E-state index in [-0.39, 0.29) is 5.56 Å². The maximum atomic E-state index is 11.7. The van der Waals surface area contributed by atoms with Crippen LogP contribution in [0.3, 0.4) is 0 Å². The van der Waals surface area contributed by atoms with Gasteiger partial charge in [0.15, 0.2) is 0 Å². The zero-order valence-electron chi connectivity index (χ0n) is 20.0.